The SMILES string of the molecule is CC(C)(C)[Si](C)(C)OC[C@@]12C[C@@H]1[C@@H](N(Cc1ccccc1)Cc1ccccc1)[C@H](F)[C@@H]2O. The van der Waals surface area contributed by atoms with Crippen LogP contribution in [0.1, 0.15) is 38.3 Å². The molecule has 2 aliphatic carbocycles. The van der Waals surface area contributed by atoms with Gasteiger partial charge in [-0.25, -0.2) is 4.39 Å². The molecule has 3 nitrogen and oxygen atoms in total. The van der Waals surface area contributed by atoms with Crippen molar-refractivity contribution in [2.75, 3.05) is 6.61 Å². The largest absolute Gasteiger partial charge is 0.416 e. The second-order valence-corrected chi connectivity index (χ2v) is 16.2. The molecule has 0 amide bonds. The second-order valence-electron chi connectivity index (χ2n) is 11.3. The van der Waals surface area contributed by atoms with E-state index in [4.69, 9.17) is 4.43 Å². The summed E-state index contributed by atoms with van der Waals surface area (Å²) in [4.78, 5) is 2.24. The highest BCUT2D eigenvalue weighted by Crippen LogP contribution is 2.66. The number of halogens is 1. The summed E-state index contributed by atoms with van der Waals surface area (Å²) in [5, 5.41) is 11.1. The van der Waals surface area contributed by atoms with Gasteiger partial charge in [0.1, 0.15) is 6.17 Å². The zero-order chi connectivity index (χ0) is 23.1. The van der Waals surface area contributed by atoms with Crippen LogP contribution in [0.15, 0.2) is 60.7 Å². The predicted octanol–water partition coefficient (Wildman–Crippen LogP) is 5.80. The van der Waals surface area contributed by atoms with Gasteiger partial charge in [-0.1, -0.05) is 81.4 Å². The molecule has 0 saturated heterocycles. The van der Waals surface area contributed by atoms with Crippen LogP contribution >= 0.6 is 0 Å². The van der Waals surface area contributed by atoms with Gasteiger partial charge in [-0.05, 0) is 41.6 Å². The fourth-order valence-electron chi connectivity index (χ4n) is 5.02. The number of nitrogens with zero attached hydrogens (tertiary/aromatic N) is 1. The number of rotatable bonds is 8. The number of fused-ring (bicyclic) bond motifs is 1. The minimum absolute atomic E-state index is 0.0960. The van der Waals surface area contributed by atoms with E-state index in [1.165, 1.54) is 11.1 Å². The summed E-state index contributed by atoms with van der Waals surface area (Å²) in [5.74, 6) is 0.129. The quantitative estimate of drug-likeness (QED) is 0.511. The fourth-order valence-corrected chi connectivity index (χ4v) is 6.08. The van der Waals surface area contributed by atoms with Crippen molar-refractivity contribution in [1.82, 2.24) is 4.90 Å². The standard InChI is InChI=1S/C27H38FNO2Si/c1-26(2,3)32(4,5)31-19-27-16-22(27)24(23(28)25(27)30)29(17-20-12-8-6-9-13-20)18-21-14-10-7-11-15-21/h6-15,22-25,30H,16-19H2,1-5H3/t22-,23+,24-,25+,27+/m1/s1. The van der Waals surface area contributed by atoms with Gasteiger partial charge in [0.05, 0.1) is 6.10 Å². The summed E-state index contributed by atoms with van der Waals surface area (Å²) < 4.78 is 22.2. The van der Waals surface area contributed by atoms with Crippen LogP contribution in [0.3, 0.4) is 0 Å². The number of alkyl halides is 1. The lowest BCUT2D eigenvalue weighted by atomic mass is 10.0. The van der Waals surface area contributed by atoms with Gasteiger partial charge < -0.3 is 9.53 Å². The van der Waals surface area contributed by atoms with Crippen molar-refractivity contribution >= 4 is 8.32 Å². The maximum atomic E-state index is 15.7. The Hall–Kier alpha value is -1.53. The molecule has 2 aliphatic rings. The summed E-state index contributed by atoms with van der Waals surface area (Å²) in [7, 11) is -1.96. The van der Waals surface area contributed by atoms with Crippen LogP contribution < -0.4 is 0 Å². The fraction of sp³-hybridized carbons (Fsp3) is 0.556. The Balaban J connectivity index is 1.55. The minimum atomic E-state index is -1.96. The summed E-state index contributed by atoms with van der Waals surface area (Å²) in [6.07, 6.45) is -1.38. The van der Waals surface area contributed by atoms with Gasteiger partial charge in [0.2, 0.25) is 0 Å². The Morgan fingerprint density at radius 2 is 1.50 bits per heavy atom. The lowest BCUT2D eigenvalue weighted by Gasteiger charge is -2.37. The molecule has 174 valence electrons. The number of hydrogen-bond acceptors (Lipinski definition) is 3. The molecule has 2 saturated carbocycles. The third-order valence-electron chi connectivity index (χ3n) is 8.19. The molecule has 0 bridgehead atoms. The first-order chi connectivity index (χ1) is 15.1. The van der Waals surface area contributed by atoms with Crippen molar-refractivity contribution in [1.29, 1.82) is 0 Å². The molecule has 0 radical (unpaired) electrons. The Bertz CT molecular complexity index is 859. The molecule has 1 N–H and O–H groups in total. The molecule has 0 aromatic heterocycles. The number of aliphatic hydroxyl groups excluding tert-OH is 1. The van der Waals surface area contributed by atoms with Crippen molar-refractivity contribution in [3.8, 4) is 0 Å². The Labute approximate surface area is 193 Å². The van der Waals surface area contributed by atoms with E-state index >= 15 is 4.39 Å². The number of hydrogen-bond donors (Lipinski definition) is 1. The lowest BCUT2D eigenvalue weighted by Crippen LogP contribution is -2.45. The lowest BCUT2D eigenvalue weighted by molar-refractivity contribution is -0.00320. The van der Waals surface area contributed by atoms with Crippen molar-refractivity contribution in [3.05, 3.63) is 71.8 Å². The molecule has 0 aliphatic heterocycles. The van der Waals surface area contributed by atoms with E-state index in [1.54, 1.807) is 0 Å². The molecule has 4 rings (SSSR count). The van der Waals surface area contributed by atoms with E-state index < -0.39 is 26.0 Å². The molecule has 5 heteroatoms. The average molecular weight is 456 g/mol. The summed E-state index contributed by atoms with van der Waals surface area (Å²) in [6, 6.07) is 20.2. The van der Waals surface area contributed by atoms with E-state index in [0.717, 1.165) is 6.42 Å². The molecule has 2 fully saturated rings. The third-order valence-corrected chi connectivity index (χ3v) is 12.7. The monoisotopic (exact) mass is 455 g/mol. The van der Waals surface area contributed by atoms with Crippen LogP contribution in [0.2, 0.25) is 18.1 Å². The van der Waals surface area contributed by atoms with E-state index in [2.05, 4.69) is 63.0 Å². The van der Waals surface area contributed by atoms with E-state index in [-0.39, 0.29) is 17.0 Å². The molecule has 5 atom stereocenters. The first-order valence-electron chi connectivity index (χ1n) is 11.8. The molecular weight excluding hydrogens is 417 g/mol. The average Bonchev–Trinajstić information content (AvgIpc) is 3.42. The van der Waals surface area contributed by atoms with E-state index in [1.807, 2.05) is 36.4 Å². The van der Waals surface area contributed by atoms with Gasteiger partial charge in [0, 0.05) is 31.2 Å². The van der Waals surface area contributed by atoms with Crippen LogP contribution in [0.4, 0.5) is 4.39 Å². The minimum Gasteiger partial charge on any atom is -0.416 e. The molecule has 0 spiro atoms. The van der Waals surface area contributed by atoms with Gasteiger partial charge >= 0.3 is 0 Å². The molecule has 0 unspecified atom stereocenters. The molecule has 2 aromatic rings. The summed E-state index contributed by atoms with van der Waals surface area (Å²) in [6.45, 7) is 12.9. The van der Waals surface area contributed by atoms with Crippen LogP contribution in [-0.4, -0.2) is 43.2 Å². The predicted molar refractivity (Wildman–Crippen MR) is 131 cm³/mol. The molecule has 0 heterocycles. The van der Waals surface area contributed by atoms with Crippen molar-refractivity contribution in [2.24, 2.45) is 11.3 Å². The highest BCUT2D eigenvalue weighted by atomic mass is 28.4. The third kappa shape index (κ3) is 4.45. The maximum Gasteiger partial charge on any atom is 0.192 e. The summed E-state index contributed by atoms with van der Waals surface area (Å²) in [5.41, 5.74) is 1.90. The highest BCUT2D eigenvalue weighted by Gasteiger charge is 2.72. The molecular formula is C27H38FNO2Si. The van der Waals surface area contributed by atoms with Gasteiger partial charge in [0.15, 0.2) is 8.32 Å². The first kappa shape index (κ1) is 23.6. The van der Waals surface area contributed by atoms with E-state index in [0.29, 0.717) is 19.7 Å². The topological polar surface area (TPSA) is 32.7 Å². The van der Waals surface area contributed by atoms with Crippen LogP contribution in [-0.2, 0) is 17.5 Å². The van der Waals surface area contributed by atoms with Crippen molar-refractivity contribution in [3.63, 3.8) is 0 Å². The van der Waals surface area contributed by atoms with Gasteiger partial charge in [-0.3, -0.25) is 4.90 Å². The Morgan fingerprint density at radius 3 is 1.97 bits per heavy atom. The molecule has 32 heavy (non-hydrogen) atoms. The summed E-state index contributed by atoms with van der Waals surface area (Å²) >= 11 is 0. The number of aliphatic hydroxyl groups is 1. The van der Waals surface area contributed by atoms with Crippen LogP contribution in [0.5, 0.6) is 0 Å². The zero-order valence-corrected chi connectivity index (χ0v) is 21.1. The maximum absolute atomic E-state index is 15.7. The van der Waals surface area contributed by atoms with Gasteiger partial charge in [-0.15, -0.1) is 0 Å². The van der Waals surface area contributed by atoms with Crippen LogP contribution in [0, 0.1) is 11.3 Å². The highest BCUT2D eigenvalue weighted by molar-refractivity contribution is 6.74. The first-order valence-corrected chi connectivity index (χ1v) is 14.7. The smallest absolute Gasteiger partial charge is 0.192 e. The van der Waals surface area contributed by atoms with E-state index in [9.17, 15) is 5.11 Å². The second kappa shape index (κ2) is 8.67. The van der Waals surface area contributed by atoms with Crippen LogP contribution in [0.25, 0.3) is 0 Å². The molecule has 2 aromatic carbocycles. The van der Waals surface area contributed by atoms with Gasteiger partial charge in [-0.2, -0.15) is 0 Å². The Kier molecular flexibility index (Phi) is 6.40. The van der Waals surface area contributed by atoms with Gasteiger partial charge in [0.25, 0.3) is 0 Å². The normalized spacial score (nSPS) is 29.9. The van der Waals surface area contributed by atoms with Crippen molar-refractivity contribution < 1.29 is 13.9 Å². The van der Waals surface area contributed by atoms with Crippen molar-refractivity contribution in [2.45, 2.75) is 76.7 Å². The zero-order valence-electron chi connectivity index (χ0n) is 20.1. The number of benzene rings is 2. The Morgan fingerprint density at radius 1 is 1.00 bits per heavy atom.